The van der Waals surface area contributed by atoms with Crippen LogP contribution in [0, 0.1) is 6.92 Å². The molecule has 0 bridgehead atoms. The number of halogens is 2. The van der Waals surface area contributed by atoms with Crippen molar-refractivity contribution in [3.63, 3.8) is 0 Å². The van der Waals surface area contributed by atoms with Gasteiger partial charge in [-0.1, -0.05) is 12.1 Å². The minimum Gasteiger partial charge on any atom is -0.338 e. The van der Waals surface area contributed by atoms with Crippen LogP contribution in [0.5, 0.6) is 0 Å². The Labute approximate surface area is 194 Å². The molecule has 0 radical (unpaired) electrons. The van der Waals surface area contributed by atoms with E-state index in [1.54, 1.807) is 24.9 Å². The van der Waals surface area contributed by atoms with Gasteiger partial charge in [0.2, 0.25) is 5.91 Å². The number of imidazole rings is 1. The molecule has 1 fully saturated rings. The molecule has 1 amide bonds. The quantitative estimate of drug-likeness (QED) is 0.450. The first-order valence-electron chi connectivity index (χ1n) is 11.3. The van der Waals surface area contributed by atoms with E-state index >= 15 is 0 Å². The maximum Gasteiger partial charge on any atom is 0.267 e. The van der Waals surface area contributed by atoms with Gasteiger partial charge in [-0.3, -0.25) is 4.79 Å². The molecule has 3 aromatic heterocycles. The van der Waals surface area contributed by atoms with Crippen molar-refractivity contribution in [3.05, 3.63) is 53.5 Å². The third-order valence-corrected chi connectivity index (χ3v) is 6.67. The standard InChI is InChI=1S/C24H23F2N7O/c1-12-24(34)31(3)10-19-20(29-22(33(12)19)14-7-8-14)15-5-4-6-18-16(15)9-17(21(25)26)23(28-18)32-11-27-13(2)30-32/h4-6,9,11-12,14,21H,7-8,10H2,1-3H3. The van der Waals surface area contributed by atoms with Gasteiger partial charge in [-0.25, -0.2) is 28.4 Å². The van der Waals surface area contributed by atoms with Crippen molar-refractivity contribution in [1.82, 2.24) is 34.2 Å². The topological polar surface area (TPSA) is 81.7 Å². The number of alkyl halides is 2. The average Bonchev–Trinajstić information content (AvgIpc) is 3.46. The van der Waals surface area contributed by atoms with Crippen LogP contribution in [0.2, 0.25) is 0 Å². The van der Waals surface area contributed by atoms with Gasteiger partial charge in [0.15, 0.2) is 5.82 Å². The second kappa shape index (κ2) is 7.41. The number of amides is 1. The van der Waals surface area contributed by atoms with Crippen molar-refractivity contribution in [1.29, 1.82) is 0 Å². The highest BCUT2D eigenvalue weighted by Crippen LogP contribution is 2.45. The molecule has 2 aliphatic rings. The molecular formula is C24H23F2N7O. The van der Waals surface area contributed by atoms with Crippen LogP contribution < -0.4 is 0 Å². The van der Waals surface area contributed by atoms with E-state index in [1.165, 1.54) is 17.1 Å². The van der Waals surface area contributed by atoms with Crippen molar-refractivity contribution in [3.8, 4) is 17.1 Å². The number of benzene rings is 1. The molecule has 1 aromatic carbocycles. The van der Waals surface area contributed by atoms with Crippen molar-refractivity contribution in [2.45, 2.75) is 51.6 Å². The van der Waals surface area contributed by atoms with Gasteiger partial charge in [0.25, 0.3) is 6.43 Å². The summed E-state index contributed by atoms with van der Waals surface area (Å²) in [7, 11) is 1.78. The summed E-state index contributed by atoms with van der Waals surface area (Å²) in [6, 6.07) is 6.67. The summed E-state index contributed by atoms with van der Waals surface area (Å²) in [5.41, 5.74) is 2.73. The van der Waals surface area contributed by atoms with Gasteiger partial charge in [-0.2, -0.15) is 5.10 Å². The van der Waals surface area contributed by atoms with Crippen LogP contribution in [0.3, 0.4) is 0 Å². The zero-order valence-corrected chi connectivity index (χ0v) is 19.0. The second-order valence-electron chi connectivity index (χ2n) is 9.09. The summed E-state index contributed by atoms with van der Waals surface area (Å²) in [5, 5.41) is 4.77. The number of aryl methyl sites for hydroxylation is 1. The number of fused-ring (bicyclic) bond motifs is 2. The third-order valence-electron chi connectivity index (χ3n) is 6.67. The Morgan fingerprint density at radius 2 is 1.97 bits per heavy atom. The van der Waals surface area contributed by atoms with Crippen molar-refractivity contribution >= 4 is 16.8 Å². The number of pyridine rings is 1. The lowest BCUT2D eigenvalue weighted by Crippen LogP contribution is -2.39. The lowest BCUT2D eigenvalue weighted by atomic mass is 10.0. The van der Waals surface area contributed by atoms with Crippen molar-refractivity contribution in [2.24, 2.45) is 0 Å². The van der Waals surface area contributed by atoms with Crippen LogP contribution in [0.25, 0.3) is 28.0 Å². The fourth-order valence-electron chi connectivity index (χ4n) is 4.85. The summed E-state index contributed by atoms with van der Waals surface area (Å²) in [4.78, 5) is 28.0. The third kappa shape index (κ3) is 3.12. The predicted molar refractivity (Wildman–Crippen MR) is 121 cm³/mol. The number of hydrogen-bond donors (Lipinski definition) is 0. The Morgan fingerprint density at radius 3 is 2.65 bits per heavy atom. The summed E-state index contributed by atoms with van der Waals surface area (Å²) in [5.74, 6) is 1.82. The molecule has 1 saturated carbocycles. The van der Waals surface area contributed by atoms with Gasteiger partial charge in [0.1, 0.15) is 24.0 Å². The zero-order valence-electron chi connectivity index (χ0n) is 19.0. The normalized spacial score (nSPS) is 18.2. The van der Waals surface area contributed by atoms with Crippen LogP contribution in [0.4, 0.5) is 8.78 Å². The Bertz CT molecular complexity index is 1450. The van der Waals surface area contributed by atoms with Crippen LogP contribution >= 0.6 is 0 Å². The molecule has 1 aliphatic heterocycles. The van der Waals surface area contributed by atoms with Crippen LogP contribution in [0.1, 0.15) is 61.1 Å². The summed E-state index contributed by atoms with van der Waals surface area (Å²) in [6.07, 6.45) is 0.729. The lowest BCUT2D eigenvalue weighted by Gasteiger charge is -2.31. The molecule has 1 aliphatic carbocycles. The van der Waals surface area contributed by atoms with Gasteiger partial charge in [-0.05, 0) is 38.8 Å². The van der Waals surface area contributed by atoms with E-state index in [-0.39, 0.29) is 23.3 Å². The zero-order chi connectivity index (χ0) is 23.7. The molecule has 174 valence electrons. The Morgan fingerprint density at radius 1 is 1.18 bits per heavy atom. The first-order valence-corrected chi connectivity index (χ1v) is 11.3. The molecule has 10 heteroatoms. The fourth-order valence-corrected chi connectivity index (χ4v) is 4.85. The number of nitrogens with zero attached hydrogens (tertiary/aromatic N) is 7. The summed E-state index contributed by atoms with van der Waals surface area (Å²) in [6.45, 7) is 4.00. The smallest absolute Gasteiger partial charge is 0.267 e. The van der Waals surface area contributed by atoms with Gasteiger partial charge in [0.05, 0.1) is 29.0 Å². The van der Waals surface area contributed by atoms with Gasteiger partial charge in [0, 0.05) is 23.9 Å². The van der Waals surface area contributed by atoms with Crippen molar-refractivity contribution < 1.29 is 13.6 Å². The molecule has 0 spiro atoms. The highest BCUT2D eigenvalue weighted by molar-refractivity contribution is 5.96. The molecule has 8 nitrogen and oxygen atoms in total. The van der Waals surface area contributed by atoms with Crippen molar-refractivity contribution in [2.75, 3.05) is 7.05 Å². The first-order chi connectivity index (χ1) is 16.3. The van der Waals surface area contributed by atoms with E-state index in [4.69, 9.17) is 4.98 Å². The van der Waals surface area contributed by atoms with Gasteiger partial charge >= 0.3 is 0 Å². The minimum atomic E-state index is -2.74. The number of hydrogen-bond acceptors (Lipinski definition) is 5. The monoisotopic (exact) mass is 463 g/mol. The number of rotatable bonds is 4. The van der Waals surface area contributed by atoms with E-state index in [9.17, 15) is 13.6 Å². The summed E-state index contributed by atoms with van der Waals surface area (Å²) >= 11 is 0. The van der Waals surface area contributed by atoms with E-state index in [0.717, 1.165) is 35.6 Å². The summed E-state index contributed by atoms with van der Waals surface area (Å²) < 4.78 is 31.7. The SMILES string of the molecule is Cc1ncn(-c2nc3cccc(-c4nc(C5CC5)n5c4CN(C)C(=O)C5C)c3cc2C(F)F)n1. The molecule has 4 aromatic rings. The van der Waals surface area contributed by atoms with Crippen LogP contribution in [-0.2, 0) is 11.3 Å². The minimum absolute atomic E-state index is 0.0469. The van der Waals surface area contributed by atoms with Gasteiger partial charge < -0.3 is 9.47 Å². The number of carbonyl (C=O) groups is 1. The van der Waals surface area contributed by atoms with E-state index in [0.29, 0.717) is 29.2 Å². The number of carbonyl (C=O) groups excluding carboxylic acids is 1. The Hall–Kier alpha value is -3.69. The van der Waals surface area contributed by atoms with Gasteiger partial charge in [-0.15, -0.1) is 0 Å². The molecule has 6 rings (SSSR count). The Kier molecular flexibility index (Phi) is 4.55. The number of likely N-dealkylation sites (N-methyl/N-ethyl adjacent to an activating group) is 1. The molecule has 1 atom stereocenters. The van der Waals surface area contributed by atoms with Crippen LogP contribution in [0.15, 0.2) is 30.6 Å². The molecule has 4 heterocycles. The molecule has 34 heavy (non-hydrogen) atoms. The molecular weight excluding hydrogens is 440 g/mol. The average molecular weight is 463 g/mol. The van der Waals surface area contributed by atoms with Crippen LogP contribution in [-0.4, -0.2) is 47.2 Å². The number of aromatic nitrogens is 6. The molecule has 0 saturated heterocycles. The van der Waals surface area contributed by atoms with E-state index in [1.807, 2.05) is 19.1 Å². The fraction of sp³-hybridized carbons (Fsp3) is 0.375. The largest absolute Gasteiger partial charge is 0.338 e. The maximum absolute atomic E-state index is 14.2. The van der Waals surface area contributed by atoms with E-state index in [2.05, 4.69) is 19.6 Å². The predicted octanol–water partition coefficient (Wildman–Crippen LogP) is 4.34. The first kappa shape index (κ1) is 20.9. The lowest BCUT2D eigenvalue weighted by molar-refractivity contribution is -0.135. The highest BCUT2D eigenvalue weighted by Gasteiger charge is 2.38. The second-order valence-corrected chi connectivity index (χ2v) is 9.09. The Balaban J connectivity index is 1.59. The van der Waals surface area contributed by atoms with E-state index < -0.39 is 6.43 Å². The molecule has 0 N–H and O–H groups in total. The molecule has 1 unspecified atom stereocenters. The highest BCUT2D eigenvalue weighted by atomic mass is 19.3. The maximum atomic E-state index is 14.2.